The van der Waals surface area contributed by atoms with Gasteiger partial charge in [-0.2, -0.15) is 0 Å². The third-order valence-corrected chi connectivity index (χ3v) is 4.58. The first-order valence-electron chi connectivity index (χ1n) is 7.40. The van der Waals surface area contributed by atoms with Crippen molar-refractivity contribution in [2.24, 2.45) is 5.73 Å². The van der Waals surface area contributed by atoms with Gasteiger partial charge in [0.1, 0.15) is 0 Å². The minimum Gasteiger partial charge on any atom is -0.326 e. The number of rotatable bonds is 4. The smallest absolute Gasteiger partial charge is 0.0496 e. The molecule has 0 bridgehead atoms. The number of likely N-dealkylation sites (tertiary alicyclic amines) is 1. The summed E-state index contributed by atoms with van der Waals surface area (Å²) in [4.78, 5) is 4.86. The molecule has 0 spiro atoms. The predicted molar refractivity (Wildman–Crippen MR) is 86.1 cm³/mol. The molecule has 0 radical (unpaired) electrons. The van der Waals surface area contributed by atoms with E-state index in [1.54, 1.807) is 0 Å². The Bertz CT molecular complexity index is 408. The molecule has 1 aliphatic rings. The second-order valence-electron chi connectivity index (χ2n) is 6.09. The first-order valence-corrected chi connectivity index (χ1v) is 7.78. The highest BCUT2D eigenvalue weighted by Gasteiger charge is 2.28. The van der Waals surface area contributed by atoms with Crippen LogP contribution < -0.4 is 5.73 Å². The quantitative estimate of drug-likeness (QED) is 0.927. The Labute approximate surface area is 127 Å². The molecular formula is C16H26ClN3. The summed E-state index contributed by atoms with van der Waals surface area (Å²) in [5, 5.41) is 0.781. The second kappa shape index (κ2) is 6.90. The molecule has 1 heterocycles. The zero-order chi connectivity index (χ0) is 14.7. The molecular weight excluding hydrogens is 270 g/mol. The van der Waals surface area contributed by atoms with E-state index in [1.807, 2.05) is 12.1 Å². The number of halogens is 1. The Kier molecular flexibility index (Phi) is 5.44. The van der Waals surface area contributed by atoms with Crippen molar-refractivity contribution in [3.63, 3.8) is 0 Å². The van der Waals surface area contributed by atoms with Gasteiger partial charge in [0.15, 0.2) is 0 Å². The van der Waals surface area contributed by atoms with Crippen molar-refractivity contribution in [3.8, 4) is 0 Å². The molecule has 0 saturated carbocycles. The van der Waals surface area contributed by atoms with Crippen LogP contribution in [0.2, 0.25) is 5.02 Å². The summed E-state index contributed by atoms with van der Waals surface area (Å²) in [6.07, 6.45) is 2.42. The maximum atomic E-state index is 6.25. The van der Waals surface area contributed by atoms with Gasteiger partial charge in [0.25, 0.3) is 0 Å². The van der Waals surface area contributed by atoms with E-state index >= 15 is 0 Å². The molecule has 2 atom stereocenters. The molecule has 2 unspecified atom stereocenters. The normalized spacial score (nSPS) is 21.1. The van der Waals surface area contributed by atoms with Gasteiger partial charge in [0.2, 0.25) is 0 Å². The van der Waals surface area contributed by atoms with Crippen LogP contribution in [0.4, 0.5) is 0 Å². The first-order chi connectivity index (χ1) is 9.49. The van der Waals surface area contributed by atoms with Crippen molar-refractivity contribution in [3.05, 3.63) is 34.9 Å². The van der Waals surface area contributed by atoms with Crippen LogP contribution in [-0.4, -0.2) is 49.1 Å². The monoisotopic (exact) mass is 295 g/mol. The van der Waals surface area contributed by atoms with E-state index in [2.05, 4.69) is 43.0 Å². The maximum absolute atomic E-state index is 6.25. The summed E-state index contributed by atoms with van der Waals surface area (Å²) < 4.78 is 0. The molecule has 20 heavy (non-hydrogen) atoms. The van der Waals surface area contributed by atoms with Gasteiger partial charge >= 0.3 is 0 Å². The van der Waals surface area contributed by atoms with E-state index in [0.717, 1.165) is 18.1 Å². The molecule has 1 saturated heterocycles. The molecule has 0 amide bonds. The molecule has 2 rings (SSSR count). The van der Waals surface area contributed by atoms with Crippen LogP contribution >= 0.6 is 11.6 Å². The van der Waals surface area contributed by atoms with Crippen LogP contribution in [0.25, 0.3) is 0 Å². The number of benzene rings is 1. The summed E-state index contributed by atoms with van der Waals surface area (Å²) in [5.74, 6) is 0. The van der Waals surface area contributed by atoms with E-state index in [4.69, 9.17) is 17.3 Å². The largest absolute Gasteiger partial charge is 0.326 e. The van der Waals surface area contributed by atoms with Gasteiger partial charge in [-0.1, -0.05) is 23.7 Å². The zero-order valence-corrected chi connectivity index (χ0v) is 13.5. The molecule has 1 aromatic rings. The van der Waals surface area contributed by atoms with Crippen LogP contribution in [0.3, 0.4) is 0 Å². The Morgan fingerprint density at radius 1 is 1.20 bits per heavy atom. The van der Waals surface area contributed by atoms with Crippen LogP contribution in [0.1, 0.15) is 31.4 Å². The number of hydrogen-bond acceptors (Lipinski definition) is 3. The fraction of sp³-hybridized carbons (Fsp3) is 0.625. The second-order valence-corrected chi connectivity index (χ2v) is 6.52. The van der Waals surface area contributed by atoms with Gasteiger partial charge in [-0.25, -0.2) is 0 Å². The number of nitrogens with zero attached hydrogens (tertiary/aromatic N) is 2. The van der Waals surface area contributed by atoms with E-state index in [0.29, 0.717) is 6.04 Å². The van der Waals surface area contributed by atoms with Crippen LogP contribution in [0.15, 0.2) is 24.3 Å². The fourth-order valence-corrected chi connectivity index (χ4v) is 3.31. The molecule has 1 aliphatic heterocycles. The summed E-state index contributed by atoms with van der Waals surface area (Å²) in [5.41, 5.74) is 7.52. The highest BCUT2D eigenvalue weighted by atomic mass is 35.5. The SMILES string of the molecule is CC(N)C(c1ccc(Cl)cc1)N1CCC(N(C)C)CC1. The summed E-state index contributed by atoms with van der Waals surface area (Å²) in [7, 11) is 4.34. The molecule has 112 valence electrons. The Morgan fingerprint density at radius 3 is 2.20 bits per heavy atom. The highest BCUT2D eigenvalue weighted by molar-refractivity contribution is 6.30. The fourth-order valence-electron chi connectivity index (χ4n) is 3.19. The van der Waals surface area contributed by atoms with Gasteiger partial charge in [-0.05, 0) is 51.6 Å². The Hall–Kier alpha value is -0.610. The van der Waals surface area contributed by atoms with Gasteiger partial charge in [-0.15, -0.1) is 0 Å². The van der Waals surface area contributed by atoms with Crippen LogP contribution in [0, 0.1) is 0 Å². The molecule has 4 heteroatoms. The first kappa shape index (κ1) is 15.8. The summed E-state index contributed by atoms with van der Waals surface area (Å²) >= 11 is 5.99. The van der Waals surface area contributed by atoms with E-state index < -0.39 is 0 Å². The molecule has 0 aromatic heterocycles. The minimum atomic E-state index is 0.118. The maximum Gasteiger partial charge on any atom is 0.0496 e. The average Bonchev–Trinajstić information content (AvgIpc) is 2.41. The van der Waals surface area contributed by atoms with Crippen molar-refractivity contribution in [2.75, 3.05) is 27.2 Å². The average molecular weight is 296 g/mol. The van der Waals surface area contributed by atoms with Gasteiger partial charge in [0.05, 0.1) is 0 Å². The van der Waals surface area contributed by atoms with Gasteiger partial charge in [0, 0.05) is 36.2 Å². The lowest BCUT2D eigenvalue weighted by atomic mass is 9.95. The minimum absolute atomic E-state index is 0.118. The third kappa shape index (κ3) is 3.73. The third-order valence-electron chi connectivity index (χ3n) is 4.33. The van der Waals surface area contributed by atoms with Crippen LogP contribution in [-0.2, 0) is 0 Å². The van der Waals surface area contributed by atoms with Gasteiger partial charge < -0.3 is 10.6 Å². The summed E-state index contributed by atoms with van der Waals surface area (Å²) in [6.45, 7) is 4.31. The van der Waals surface area contributed by atoms with E-state index in [9.17, 15) is 0 Å². The highest BCUT2D eigenvalue weighted by Crippen LogP contribution is 2.28. The van der Waals surface area contributed by atoms with Crippen LogP contribution in [0.5, 0.6) is 0 Å². The Morgan fingerprint density at radius 2 is 1.75 bits per heavy atom. The lowest BCUT2D eigenvalue weighted by Crippen LogP contribution is -2.47. The number of piperidine rings is 1. The lowest BCUT2D eigenvalue weighted by molar-refractivity contribution is 0.0983. The number of hydrogen-bond donors (Lipinski definition) is 1. The van der Waals surface area contributed by atoms with E-state index in [-0.39, 0.29) is 12.1 Å². The standard InChI is InChI=1S/C16H26ClN3/c1-12(18)16(13-4-6-14(17)7-5-13)20-10-8-15(9-11-20)19(2)3/h4-7,12,15-16H,8-11,18H2,1-3H3. The molecule has 2 N–H and O–H groups in total. The lowest BCUT2D eigenvalue weighted by Gasteiger charge is -2.41. The molecule has 0 aliphatic carbocycles. The number of nitrogens with two attached hydrogens (primary N) is 1. The van der Waals surface area contributed by atoms with Crippen molar-refractivity contribution >= 4 is 11.6 Å². The zero-order valence-electron chi connectivity index (χ0n) is 12.7. The van der Waals surface area contributed by atoms with Crippen molar-refractivity contribution in [1.82, 2.24) is 9.80 Å². The summed E-state index contributed by atoms with van der Waals surface area (Å²) in [6, 6.07) is 9.23. The van der Waals surface area contributed by atoms with Gasteiger partial charge in [-0.3, -0.25) is 4.90 Å². The van der Waals surface area contributed by atoms with Crippen molar-refractivity contribution < 1.29 is 0 Å². The van der Waals surface area contributed by atoms with E-state index in [1.165, 1.54) is 18.4 Å². The predicted octanol–water partition coefficient (Wildman–Crippen LogP) is 2.75. The van der Waals surface area contributed by atoms with Crippen molar-refractivity contribution in [2.45, 2.75) is 37.9 Å². The molecule has 1 fully saturated rings. The molecule has 1 aromatic carbocycles. The molecule has 3 nitrogen and oxygen atoms in total. The Balaban J connectivity index is 2.09. The topological polar surface area (TPSA) is 32.5 Å². The van der Waals surface area contributed by atoms with Crippen molar-refractivity contribution in [1.29, 1.82) is 0 Å².